The van der Waals surface area contributed by atoms with Crippen molar-refractivity contribution in [2.75, 3.05) is 19.0 Å². The summed E-state index contributed by atoms with van der Waals surface area (Å²) in [4.78, 5) is 7.58. The highest BCUT2D eigenvalue weighted by molar-refractivity contribution is 7.15. The predicted molar refractivity (Wildman–Crippen MR) is 59.0 cm³/mol. The second kappa shape index (κ2) is 3.21. The van der Waals surface area contributed by atoms with Gasteiger partial charge in [-0.05, 0) is 19.8 Å². The Labute approximate surface area is 88.4 Å². The molecule has 2 rings (SSSR count). The normalized spacial score (nSPS) is 20.6. The zero-order valence-electron chi connectivity index (χ0n) is 8.82. The highest BCUT2D eigenvalue weighted by Gasteiger charge is 2.49. The molecule has 78 valence electrons. The molecule has 1 aliphatic rings. The molecule has 4 heteroatoms. The quantitative estimate of drug-likeness (QED) is 0.827. The lowest BCUT2D eigenvalue weighted by Crippen LogP contribution is -2.21. The van der Waals surface area contributed by atoms with Crippen molar-refractivity contribution in [2.24, 2.45) is 0 Å². The first kappa shape index (κ1) is 9.93. The highest BCUT2D eigenvalue weighted by Crippen LogP contribution is 2.53. The van der Waals surface area contributed by atoms with Gasteiger partial charge in [-0.25, -0.2) is 4.98 Å². The van der Waals surface area contributed by atoms with Gasteiger partial charge in [0.25, 0.3) is 0 Å². The van der Waals surface area contributed by atoms with E-state index in [4.69, 9.17) is 0 Å². The molecule has 0 amide bonds. The van der Waals surface area contributed by atoms with Gasteiger partial charge in [-0.2, -0.15) is 0 Å². The van der Waals surface area contributed by atoms with Crippen molar-refractivity contribution >= 4 is 16.5 Å². The Morgan fingerprint density at radius 1 is 1.57 bits per heavy atom. The molecule has 0 bridgehead atoms. The monoisotopic (exact) mass is 212 g/mol. The van der Waals surface area contributed by atoms with Crippen molar-refractivity contribution in [1.82, 2.24) is 4.98 Å². The Bertz CT molecular complexity index is 329. The van der Waals surface area contributed by atoms with Gasteiger partial charge in [-0.1, -0.05) is 0 Å². The fraction of sp³-hybridized carbons (Fsp3) is 0.700. The standard InChI is InChI=1S/C10H16N2OS/c1-7(13)10(4-5-10)8-6-11-9(14-8)12(2)3/h6-7,13H,4-5H2,1-3H3. The Kier molecular flexibility index (Phi) is 2.27. The van der Waals surface area contributed by atoms with Crippen LogP contribution in [0.1, 0.15) is 24.6 Å². The summed E-state index contributed by atoms with van der Waals surface area (Å²) in [6.07, 6.45) is 3.86. The fourth-order valence-electron chi connectivity index (χ4n) is 1.71. The van der Waals surface area contributed by atoms with E-state index < -0.39 is 0 Å². The van der Waals surface area contributed by atoms with Gasteiger partial charge in [-0.15, -0.1) is 11.3 Å². The number of rotatable bonds is 3. The van der Waals surface area contributed by atoms with Crippen LogP contribution in [0.15, 0.2) is 6.20 Å². The minimum absolute atomic E-state index is 0.0337. The third kappa shape index (κ3) is 1.42. The molecule has 0 saturated heterocycles. The molecule has 3 nitrogen and oxygen atoms in total. The van der Waals surface area contributed by atoms with Crippen LogP contribution in [0.4, 0.5) is 5.13 Å². The van der Waals surface area contributed by atoms with E-state index in [1.54, 1.807) is 11.3 Å². The number of aliphatic hydroxyl groups excluding tert-OH is 1. The lowest BCUT2D eigenvalue weighted by atomic mass is 10.00. The van der Waals surface area contributed by atoms with Gasteiger partial charge in [0.2, 0.25) is 0 Å². The van der Waals surface area contributed by atoms with E-state index in [1.807, 2.05) is 32.1 Å². The van der Waals surface area contributed by atoms with Gasteiger partial charge in [0, 0.05) is 30.6 Å². The van der Waals surface area contributed by atoms with Crippen LogP contribution in [0.25, 0.3) is 0 Å². The number of anilines is 1. The minimum Gasteiger partial charge on any atom is -0.392 e. The van der Waals surface area contributed by atoms with Gasteiger partial charge in [-0.3, -0.25) is 0 Å². The van der Waals surface area contributed by atoms with Crippen molar-refractivity contribution in [2.45, 2.75) is 31.3 Å². The molecule has 0 spiro atoms. The lowest BCUT2D eigenvalue weighted by molar-refractivity contribution is 0.152. The van der Waals surface area contributed by atoms with Crippen molar-refractivity contribution in [3.8, 4) is 0 Å². The lowest BCUT2D eigenvalue weighted by Gasteiger charge is -2.15. The van der Waals surface area contributed by atoms with Crippen molar-refractivity contribution in [1.29, 1.82) is 0 Å². The topological polar surface area (TPSA) is 36.4 Å². The average molecular weight is 212 g/mol. The third-order valence-electron chi connectivity index (χ3n) is 2.96. The van der Waals surface area contributed by atoms with Crippen LogP contribution < -0.4 is 4.90 Å². The number of aromatic nitrogens is 1. The van der Waals surface area contributed by atoms with Crippen LogP contribution in [0, 0.1) is 0 Å². The molecule has 0 radical (unpaired) electrons. The van der Waals surface area contributed by atoms with Gasteiger partial charge in [0.05, 0.1) is 6.10 Å². The summed E-state index contributed by atoms with van der Waals surface area (Å²) >= 11 is 1.69. The summed E-state index contributed by atoms with van der Waals surface area (Å²) in [5, 5.41) is 10.7. The summed E-state index contributed by atoms with van der Waals surface area (Å²) in [5.74, 6) is 0. The van der Waals surface area contributed by atoms with Crippen molar-refractivity contribution in [3.63, 3.8) is 0 Å². The Morgan fingerprint density at radius 3 is 2.57 bits per heavy atom. The molecule has 0 aliphatic heterocycles. The molecule has 1 heterocycles. The minimum atomic E-state index is -0.252. The zero-order chi connectivity index (χ0) is 10.3. The summed E-state index contributed by atoms with van der Waals surface area (Å²) in [6, 6.07) is 0. The molecule has 1 unspecified atom stereocenters. The van der Waals surface area contributed by atoms with Gasteiger partial charge < -0.3 is 10.0 Å². The second-order valence-electron chi connectivity index (χ2n) is 4.23. The maximum absolute atomic E-state index is 9.71. The Morgan fingerprint density at radius 2 is 2.21 bits per heavy atom. The SMILES string of the molecule is CC(O)C1(c2cnc(N(C)C)s2)CC1. The molecule has 1 fully saturated rings. The van der Waals surface area contributed by atoms with Crippen LogP contribution in [-0.2, 0) is 5.41 Å². The Hall–Kier alpha value is -0.610. The van der Waals surface area contributed by atoms with E-state index in [-0.39, 0.29) is 11.5 Å². The van der Waals surface area contributed by atoms with Crippen LogP contribution in [-0.4, -0.2) is 30.3 Å². The molecule has 1 atom stereocenters. The van der Waals surface area contributed by atoms with Gasteiger partial charge in [0.15, 0.2) is 5.13 Å². The van der Waals surface area contributed by atoms with E-state index in [1.165, 1.54) is 4.88 Å². The molecule has 1 aromatic rings. The van der Waals surface area contributed by atoms with Gasteiger partial charge in [0.1, 0.15) is 0 Å². The van der Waals surface area contributed by atoms with E-state index in [0.29, 0.717) is 0 Å². The molecule has 1 aliphatic carbocycles. The molecule has 1 N–H and O–H groups in total. The van der Waals surface area contributed by atoms with Crippen LogP contribution in [0.5, 0.6) is 0 Å². The largest absolute Gasteiger partial charge is 0.392 e. The smallest absolute Gasteiger partial charge is 0.184 e. The molecular formula is C10H16N2OS. The van der Waals surface area contributed by atoms with E-state index >= 15 is 0 Å². The Balaban J connectivity index is 2.25. The maximum atomic E-state index is 9.71. The third-order valence-corrected chi connectivity index (χ3v) is 4.34. The summed E-state index contributed by atoms with van der Waals surface area (Å²) < 4.78 is 0. The first-order chi connectivity index (χ1) is 6.56. The van der Waals surface area contributed by atoms with E-state index in [0.717, 1.165) is 18.0 Å². The van der Waals surface area contributed by atoms with E-state index in [9.17, 15) is 5.11 Å². The second-order valence-corrected chi connectivity index (χ2v) is 5.24. The first-order valence-electron chi connectivity index (χ1n) is 4.88. The molecule has 0 aromatic carbocycles. The maximum Gasteiger partial charge on any atom is 0.184 e. The van der Waals surface area contributed by atoms with Crippen LogP contribution >= 0.6 is 11.3 Å². The summed E-state index contributed by atoms with van der Waals surface area (Å²) in [7, 11) is 3.98. The van der Waals surface area contributed by atoms with Crippen molar-refractivity contribution < 1.29 is 5.11 Å². The number of hydrogen-bond acceptors (Lipinski definition) is 4. The molecular weight excluding hydrogens is 196 g/mol. The first-order valence-corrected chi connectivity index (χ1v) is 5.69. The predicted octanol–water partition coefficient (Wildman–Crippen LogP) is 1.62. The molecule has 1 aromatic heterocycles. The average Bonchev–Trinajstić information content (AvgIpc) is 2.77. The van der Waals surface area contributed by atoms with Gasteiger partial charge >= 0.3 is 0 Å². The number of hydrogen-bond donors (Lipinski definition) is 1. The molecule has 1 saturated carbocycles. The highest BCUT2D eigenvalue weighted by atomic mass is 32.1. The van der Waals surface area contributed by atoms with E-state index in [2.05, 4.69) is 4.98 Å². The number of thiazole rings is 1. The number of aliphatic hydroxyl groups is 1. The molecule has 14 heavy (non-hydrogen) atoms. The summed E-state index contributed by atoms with van der Waals surface area (Å²) in [5.41, 5.74) is 0.0337. The zero-order valence-corrected chi connectivity index (χ0v) is 9.64. The fourth-order valence-corrected chi connectivity index (χ4v) is 2.87. The van der Waals surface area contributed by atoms with Crippen LogP contribution in [0.3, 0.4) is 0 Å². The van der Waals surface area contributed by atoms with Crippen molar-refractivity contribution in [3.05, 3.63) is 11.1 Å². The summed E-state index contributed by atoms with van der Waals surface area (Å²) in [6.45, 7) is 1.88. The number of nitrogens with zero attached hydrogens (tertiary/aromatic N) is 2. The van der Waals surface area contributed by atoms with Crippen LogP contribution in [0.2, 0.25) is 0 Å².